The van der Waals surface area contributed by atoms with Crippen LogP contribution in [0.25, 0.3) is 0 Å². The van der Waals surface area contributed by atoms with Gasteiger partial charge in [0.05, 0.1) is 5.92 Å². The molecule has 0 aliphatic carbocycles. The molecule has 0 aliphatic rings. The minimum atomic E-state index is -0.771. The first-order chi connectivity index (χ1) is 7.93. The number of hydrogen-bond acceptors (Lipinski definition) is 2. The molecule has 1 atom stereocenters. The number of rotatable bonds is 5. The first-order valence-corrected chi connectivity index (χ1v) is 6.03. The maximum atomic E-state index is 11.0. The quantitative estimate of drug-likeness (QED) is 0.848. The number of hydrogen-bond donors (Lipinski definition) is 2. The van der Waals surface area contributed by atoms with E-state index in [0.29, 0.717) is 11.6 Å². The standard InChI is InChI=1S/C13H18ClNO2/c1-8(2)10(13(16)17)7-15-12-6-4-5-11(14)9(12)3/h4-6,8,10,15H,7H2,1-3H3,(H,16,17). The smallest absolute Gasteiger partial charge is 0.308 e. The van der Waals surface area contributed by atoms with Crippen LogP contribution in [0.2, 0.25) is 5.02 Å². The molecular formula is C13H18ClNO2. The van der Waals surface area contributed by atoms with E-state index in [2.05, 4.69) is 5.32 Å². The number of carbonyl (C=O) groups is 1. The molecule has 94 valence electrons. The summed E-state index contributed by atoms with van der Waals surface area (Å²) < 4.78 is 0. The van der Waals surface area contributed by atoms with Gasteiger partial charge in [0, 0.05) is 17.3 Å². The number of nitrogens with one attached hydrogen (secondary N) is 1. The number of halogens is 1. The SMILES string of the molecule is Cc1c(Cl)cccc1NCC(C(=O)O)C(C)C. The van der Waals surface area contributed by atoms with E-state index in [0.717, 1.165) is 11.3 Å². The molecule has 4 heteroatoms. The molecule has 0 bridgehead atoms. The molecule has 17 heavy (non-hydrogen) atoms. The minimum Gasteiger partial charge on any atom is -0.481 e. The van der Waals surface area contributed by atoms with Crippen LogP contribution in [-0.4, -0.2) is 17.6 Å². The van der Waals surface area contributed by atoms with Gasteiger partial charge in [-0.2, -0.15) is 0 Å². The van der Waals surface area contributed by atoms with Gasteiger partial charge in [-0.05, 0) is 30.5 Å². The predicted molar refractivity (Wildman–Crippen MR) is 70.6 cm³/mol. The molecule has 0 heterocycles. The zero-order valence-corrected chi connectivity index (χ0v) is 11.1. The summed E-state index contributed by atoms with van der Waals surface area (Å²) in [6.07, 6.45) is 0. The highest BCUT2D eigenvalue weighted by Crippen LogP contribution is 2.23. The molecule has 0 radical (unpaired) electrons. The molecule has 1 rings (SSSR count). The monoisotopic (exact) mass is 255 g/mol. The summed E-state index contributed by atoms with van der Waals surface area (Å²) in [6, 6.07) is 5.57. The lowest BCUT2D eigenvalue weighted by Gasteiger charge is -2.18. The highest BCUT2D eigenvalue weighted by Gasteiger charge is 2.21. The number of aliphatic carboxylic acids is 1. The zero-order valence-electron chi connectivity index (χ0n) is 10.3. The molecule has 3 nitrogen and oxygen atoms in total. The van der Waals surface area contributed by atoms with Crippen molar-refractivity contribution in [3.8, 4) is 0 Å². The number of carboxylic acids is 1. The molecular weight excluding hydrogens is 238 g/mol. The van der Waals surface area contributed by atoms with Gasteiger partial charge in [0.2, 0.25) is 0 Å². The van der Waals surface area contributed by atoms with Crippen LogP contribution >= 0.6 is 11.6 Å². The molecule has 0 fully saturated rings. The van der Waals surface area contributed by atoms with Crippen LogP contribution in [0.3, 0.4) is 0 Å². The molecule has 0 amide bonds. The Labute approximate surface area is 107 Å². The van der Waals surface area contributed by atoms with Crippen LogP contribution < -0.4 is 5.32 Å². The Morgan fingerprint density at radius 1 is 1.47 bits per heavy atom. The summed E-state index contributed by atoms with van der Waals surface area (Å²) in [6.45, 7) is 6.14. The largest absolute Gasteiger partial charge is 0.481 e. The van der Waals surface area contributed by atoms with Crippen molar-refractivity contribution in [2.45, 2.75) is 20.8 Å². The summed E-state index contributed by atoms with van der Waals surface area (Å²) in [4.78, 5) is 11.0. The van der Waals surface area contributed by atoms with E-state index in [1.165, 1.54) is 0 Å². The molecule has 0 spiro atoms. The summed E-state index contributed by atoms with van der Waals surface area (Å²) in [5.74, 6) is -1.07. The van der Waals surface area contributed by atoms with Gasteiger partial charge in [-0.25, -0.2) is 0 Å². The van der Waals surface area contributed by atoms with Crippen LogP contribution in [0.1, 0.15) is 19.4 Å². The van der Waals surface area contributed by atoms with Gasteiger partial charge in [-0.1, -0.05) is 31.5 Å². The average Bonchev–Trinajstić information content (AvgIpc) is 2.23. The van der Waals surface area contributed by atoms with Gasteiger partial charge in [0.1, 0.15) is 0 Å². The molecule has 0 aromatic heterocycles. The van der Waals surface area contributed by atoms with Crippen molar-refractivity contribution in [1.82, 2.24) is 0 Å². The fourth-order valence-corrected chi connectivity index (χ4v) is 1.80. The van der Waals surface area contributed by atoms with Crippen LogP contribution in [0, 0.1) is 18.8 Å². The Morgan fingerprint density at radius 2 is 2.12 bits per heavy atom. The second kappa shape index (κ2) is 5.92. The number of carboxylic acid groups (broad SMARTS) is 1. The van der Waals surface area contributed by atoms with Crippen LogP contribution in [0.5, 0.6) is 0 Å². The summed E-state index contributed by atoms with van der Waals surface area (Å²) in [5.41, 5.74) is 1.84. The van der Waals surface area contributed by atoms with Crippen molar-refractivity contribution in [3.63, 3.8) is 0 Å². The first-order valence-electron chi connectivity index (χ1n) is 5.65. The summed E-state index contributed by atoms with van der Waals surface area (Å²) in [7, 11) is 0. The van der Waals surface area contributed by atoms with Crippen LogP contribution in [0.4, 0.5) is 5.69 Å². The van der Waals surface area contributed by atoms with E-state index in [9.17, 15) is 4.79 Å². The van der Waals surface area contributed by atoms with Gasteiger partial charge in [0.25, 0.3) is 0 Å². The highest BCUT2D eigenvalue weighted by atomic mass is 35.5. The lowest BCUT2D eigenvalue weighted by Crippen LogP contribution is -2.27. The Kier molecular flexibility index (Phi) is 4.82. The molecule has 0 saturated carbocycles. The van der Waals surface area contributed by atoms with E-state index in [4.69, 9.17) is 16.7 Å². The summed E-state index contributed by atoms with van der Waals surface area (Å²) >= 11 is 6.00. The predicted octanol–water partition coefficient (Wildman–Crippen LogP) is 3.42. The van der Waals surface area contributed by atoms with Crippen molar-refractivity contribution in [2.75, 3.05) is 11.9 Å². The molecule has 1 aromatic rings. The maximum Gasteiger partial charge on any atom is 0.308 e. The third-order valence-electron chi connectivity index (χ3n) is 2.90. The topological polar surface area (TPSA) is 49.3 Å². The Bertz CT molecular complexity index is 404. The van der Waals surface area contributed by atoms with Crippen LogP contribution in [0.15, 0.2) is 18.2 Å². The average molecular weight is 256 g/mol. The van der Waals surface area contributed by atoms with Gasteiger partial charge in [-0.3, -0.25) is 4.79 Å². The van der Waals surface area contributed by atoms with E-state index >= 15 is 0 Å². The van der Waals surface area contributed by atoms with E-state index < -0.39 is 11.9 Å². The van der Waals surface area contributed by atoms with E-state index in [-0.39, 0.29) is 5.92 Å². The van der Waals surface area contributed by atoms with E-state index in [1.807, 2.05) is 39.0 Å². The van der Waals surface area contributed by atoms with Gasteiger partial charge < -0.3 is 10.4 Å². The van der Waals surface area contributed by atoms with E-state index in [1.54, 1.807) is 0 Å². The number of benzene rings is 1. The molecule has 0 aliphatic heterocycles. The van der Waals surface area contributed by atoms with Gasteiger partial charge >= 0.3 is 5.97 Å². The van der Waals surface area contributed by atoms with Crippen molar-refractivity contribution < 1.29 is 9.90 Å². The van der Waals surface area contributed by atoms with Gasteiger partial charge in [-0.15, -0.1) is 0 Å². The number of anilines is 1. The van der Waals surface area contributed by atoms with Gasteiger partial charge in [0.15, 0.2) is 0 Å². The second-order valence-electron chi connectivity index (χ2n) is 4.48. The maximum absolute atomic E-state index is 11.0. The fourth-order valence-electron chi connectivity index (χ4n) is 1.63. The summed E-state index contributed by atoms with van der Waals surface area (Å²) in [5, 5.41) is 12.9. The van der Waals surface area contributed by atoms with Crippen molar-refractivity contribution in [3.05, 3.63) is 28.8 Å². The second-order valence-corrected chi connectivity index (χ2v) is 4.89. The zero-order chi connectivity index (χ0) is 13.0. The third-order valence-corrected chi connectivity index (χ3v) is 3.31. The lowest BCUT2D eigenvalue weighted by atomic mass is 9.96. The minimum absolute atomic E-state index is 0.0968. The molecule has 1 aromatic carbocycles. The third kappa shape index (κ3) is 3.63. The highest BCUT2D eigenvalue weighted by molar-refractivity contribution is 6.31. The lowest BCUT2D eigenvalue weighted by molar-refractivity contribution is -0.142. The molecule has 0 saturated heterocycles. The fraction of sp³-hybridized carbons (Fsp3) is 0.462. The van der Waals surface area contributed by atoms with Crippen LogP contribution in [-0.2, 0) is 4.79 Å². The Hall–Kier alpha value is -1.22. The molecule has 1 unspecified atom stereocenters. The van der Waals surface area contributed by atoms with Crippen molar-refractivity contribution in [1.29, 1.82) is 0 Å². The first kappa shape index (κ1) is 13.8. The van der Waals surface area contributed by atoms with Crippen molar-refractivity contribution in [2.24, 2.45) is 11.8 Å². The Balaban J connectivity index is 2.72. The Morgan fingerprint density at radius 3 is 2.65 bits per heavy atom. The van der Waals surface area contributed by atoms with Crippen molar-refractivity contribution >= 4 is 23.3 Å². The normalized spacial score (nSPS) is 12.5. The molecule has 2 N–H and O–H groups in total.